The van der Waals surface area contributed by atoms with Crippen LogP contribution in [-0.2, 0) is 12.8 Å². The Hall–Kier alpha value is -1.17. The van der Waals surface area contributed by atoms with Gasteiger partial charge in [-0.2, -0.15) is 0 Å². The van der Waals surface area contributed by atoms with Gasteiger partial charge in [-0.3, -0.25) is 0 Å². The summed E-state index contributed by atoms with van der Waals surface area (Å²) in [6.07, 6.45) is 1.71. The summed E-state index contributed by atoms with van der Waals surface area (Å²) in [5, 5.41) is 3.32. The van der Waals surface area contributed by atoms with Gasteiger partial charge in [0, 0.05) is 13.0 Å². The first-order valence-electron chi connectivity index (χ1n) is 6.57. The number of hydrogen-bond donors (Lipinski definition) is 1. The minimum Gasteiger partial charge on any atom is -0.369 e. The van der Waals surface area contributed by atoms with Gasteiger partial charge in [0.2, 0.25) is 0 Å². The van der Waals surface area contributed by atoms with E-state index in [0.717, 1.165) is 40.3 Å². The van der Waals surface area contributed by atoms with E-state index < -0.39 is 0 Å². The van der Waals surface area contributed by atoms with Crippen molar-refractivity contribution in [3.05, 3.63) is 51.0 Å². The molecule has 0 aliphatic rings. The van der Waals surface area contributed by atoms with Crippen LogP contribution >= 0.6 is 22.6 Å². The Morgan fingerprint density at radius 3 is 2.47 bits per heavy atom. The van der Waals surface area contributed by atoms with Gasteiger partial charge in [0.05, 0.1) is 9.26 Å². The fraction of sp³-hybridized carbons (Fsp3) is 0.333. The van der Waals surface area contributed by atoms with Crippen molar-refractivity contribution in [3.63, 3.8) is 0 Å². The number of nitrogens with zero attached hydrogens (tertiary/aromatic N) is 2. The molecule has 0 fully saturated rings. The molecular formula is C15H18IN3. The van der Waals surface area contributed by atoms with Crippen molar-refractivity contribution in [2.75, 3.05) is 11.9 Å². The molecule has 0 aliphatic carbocycles. The van der Waals surface area contributed by atoms with Gasteiger partial charge in [-0.25, -0.2) is 9.97 Å². The molecule has 0 saturated carbocycles. The fourth-order valence-corrected chi connectivity index (χ4v) is 2.73. The maximum atomic E-state index is 4.67. The highest BCUT2D eigenvalue weighted by atomic mass is 127. The number of anilines is 1. The molecule has 0 aliphatic heterocycles. The first-order chi connectivity index (χ1) is 9.24. The van der Waals surface area contributed by atoms with Crippen LogP contribution in [0.1, 0.15) is 30.9 Å². The third-order valence-corrected chi connectivity index (χ3v) is 3.98. The Labute approximate surface area is 128 Å². The van der Waals surface area contributed by atoms with Crippen LogP contribution in [0.4, 0.5) is 5.82 Å². The molecule has 1 N–H and O–H groups in total. The highest BCUT2D eigenvalue weighted by Gasteiger charge is 2.10. The van der Waals surface area contributed by atoms with Gasteiger partial charge < -0.3 is 5.32 Å². The van der Waals surface area contributed by atoms with Crippen molar-refractivity contribution in [1.82, 2.24) is 9.97 Å². The van der Waals surface area contributed by atoms with Gasteiger partial charge in [-0.1, -0.05) is 37.3 Å². The van der Waals surface area contributed by atoms with Crippen LogP contribution in [0, 0.1) is 3.57 Å². The second-order valence-corrected chi connectivity index (χ2v) is 5.37. The summed E-state index contributed by atoms with van der Waals surface area (Å²) in [6.45, 7) is 5.09. The van der Waals surface area contributed by atoms with Crippen molar-refractivity contribution < 1.29 is 0 Å². The van der Waals surface area contributed by atoms with E-state index in [2.05, 4.69) is 63.9 Å². The predicted octanol–water partition coefficient (Wildman–Crippen LogP) is 3.67. The molecule has 4 heteroatoms. The molecule has 0 atom stereocenters. The monoisotopic (exact) mass is 367 g/mol. The molecule has 19 heavy (non-hydrogen) atoms. The van der Waals surface area contributed by atoms with E-state index in [1.54, 1.807) is 0 Å². The summed E-state index contributed by atoms with van der Waals surface area (Å²) in [5.74, 6) is 1.85. The Morgan fingerprint density at radius 1 is 1.11 bits per heavy atom. The summed E-state index contributed by atoms with van der Waals surface area (Å²) >= 11 is 2.32. The molecule has 2 rings (SSSR count). The Bertz CT molecular complexity index is 541. The minimum atomic E-state index is 0.781. The molecule has 1 aromatic heterocycles. The van der Waals surface area contributed by atoms with Crippen molar-refractivity contribution >= 4 is 28.4 Å². The molecular weight excluding hydrogens is 349 g/mol. The van der Waals surface area contributed by atoms with E-state index in [-0.39, 0.29) is 0 Å². The SMILES string of the molecule is CCNc1nc(Cc2ccccc2)nc(CC)c1I. The lowest BCUT2D eigenvalue weighted by molar-refractivity contribution is 0.893. The van der Waals surface area contributed by atoms with E-state index in [4.69, 9.17) is 0 Å². The predicted molar refractivity (Wildman–Crippen MR) is 87.5 cm³/mol. The summed E-state index contributed by atoms with van der Waals surface area (Å²) in [5.41, 5.74) is 2.37. The zero-order valence-electron chi connectivity index (χ0n) is 11.3. The van der Waals surface area contributed by atoms with E-state index in [9.17, 15) is 0 Å². The zero-order chi connectivity index (χ0) is 13.7. The molecule has 0 spiro atoms. The van der Waals surface area contributed by atoms with Gasteiger partial charge >= 0.3 is 0 Å². The quantitative estimate of drug-likeness (QED) is 0.820. The van der Waals surface area contributed by atoms with Crippen LogP contribution in [0.15, 0.2) is 30.3 Å². The number of aromatic nitrogens is 2. The molecule has 2 aromatic rings. The van der Waals surface area contributed by atoms with Crippen LogP contribution in [0.3, 0.4) is 0 Å². The number of hydrogen-bond acceptors (Lipinski definition) is 3. The first-order valence-corrected chi connectivity index (χ1v) is 7.65. The number of halogens is 1. The lowest BCUT2D eigenvalue weighted by Crippen LogP contribution is -2.09. The highest BCUT2D eigenvalue weighted by Crippen LogP contribution is 2.20. The summed E-state index contributed by atoms with van der Waals surface area (Å²) in [6, 6.07) is 10.3. The van der Waals surface area contributed by atoms with E-state index in [1.807, 2.05) is 18.2 Å². The summed E-state index contributed by atoms with van der Waals surface area (Å²) in [4.78, 5) is 9.31. The maximum Gasteiger partial charge on any atom is 0.143 e. The van der Waals surface area contributed by atoms with Gasteiger partial charge in [-0.15, -0.1) is 0 Å². The Balaban J connectivity index is 2.32. The second-order valence-electron chi connectivity index (χ2n) is 4.30. The van der Waals surface area contributed by atoms with E-state index >= 15 is 0 Å². The average Bonchev–Trinajstić information content (AvgIpc) is 2.43. The number of nitrogens with one attached hydrogen (secondary N) is 1. The molecule has 0 amide bonds. The summed E-state index contributed by atoms with van der Waals surface area (Å²) < 4.78 is 1.14. The second kappa shape index (κ2) is 6.84. The van der Waals surface area contributed by atoms with Crippen molar-refractivity contribution in [3.8, 4) is 0 Å². The van der Waals surface area contributed by atoms with Gasteiger partial charge in [0.1, 0.15) is 11.6 Å². The third-order valence-electron chi connectivity index (χ3n) is 2.85. The average molecular weight is 367 g/mol. The third kappa shape index (κ3) is 3.65. The first kappa shape index (κ1) is 14.2. The normalized spacial score (nSPS) is 10.5. The standard InChI is InChI=1S/C15H18IN3/c1-3-12-14(16)15(17-4-2)19-13(18-12)10-11-8-6-5-7-9-11/h5-9H,3-4,10H2,1-2H3,(H,17,18,19). The van der Waals surface area contributed by atoms with Crippen LogP contribution in [0.5, 0.6) is 0 Å². The summed E-state index contributed by atoms with van der Waals surface area (Å²) in [7, 11) is 0. The van der Waals surface area contributed by atoms with Gasteiger partial charge in [0.15, 0.2) is 0 Å². The van der Waals surface area contributed by atoms with Crippen molar-refractivity contribution in [2.24, 2.45) is 0 Å². The molecule has 0 saturated heterocycles. The molecule has 3 nitrogen and oxygen atoms in total. The number of benzene rings is 1. The maximum absolute atomic E-state index is 4.67. The molecule has 0 unspecified atom stereocenters. The van der Waals surface area contributed by atoms with Gasteiger partial charge in [-0.05, 0) is 41.5 Å². The number of aryl methyl sites for hydroxylation is 1. The molecule has 0 radical (unpaired) electrons. The minimum absolute atomic E-state index is 0.781. The van der Waals surface area contributed by atoms with Gasteiger partial charge in [0.25, 0.3) is 0 Å². The van der Waals surface area contributed by atoms with Crippen LogP contribution in [0.25, 0.3) is 0 Å². The number of rotatable bonds is 5. The molecule has 100 valence electrons. The topological polar surface area (TPSA) is 37.8 Å². The van der Waals surface area contributed by atoms with E-state index in [1.165, 1.54) is 5.56 Å². The van der Waals surface area contributed by atoms with Crippen LogP contribution in [0.2, 0.25) is 0 Å². The Morgan fingerprint density at radius 2 is 1.84 bits per heavy atom. The largest absolute Gasteiger partial charge is 0.369 e. The lowest BCUT2D eigenvalue weighted by Gasteiger charge is -2.11. The lowest BCUT2D eigenvalue weighted by atomic mass is 10.1. The fourth-order valence-electron chi connectivity index (χ4n) is 1.92. The molecule has 1 aromatic carbocycles. The zero-order valence-corrected chi connectivity index (χ0v) is 13.4. The highest BCUT2D eigenvalue weighted by molar-refractivity contribution is 14.1. The van der Waals surface area contributed by atoms with E-state index in [0.29, 0.717) is 0 Å². The molecule has 0 bridgehead atoms. The van der Waals surface area contributed by atoms with Crippen LogP contribution in [-0.4, -0.2) is 16.5 Å². The van der Waals surface area contributed by atoms with Crippen molar-refractivity contribution in [2.45, 2.75) is 26.7 Å². The molecule has 1 heterocycles. The van der Waals surface area contributed by atoms with Crippen LogP contribution < -0.4 is 5.32 Å². The van der Waals surface area contributed by atoms with Crippen molar-refractivity contribution in [1.29, 1.82) is 0 Å². The Kier molecular flexibility index (Phi) is 5.13. The smallest absolute Gasteiger partial charge is 0.143 e.